The topological polar surface area (TPSA) is 57.0 Å². The standard InChI is InChI=1S/C16H17N3O/c1-3-13-15(14-10-9-11(2)20-14)18-19(16(13)17)12-7-5-4-6-8-12/h4-10H,3,17H2,1-2H3. The van der Waals surface area contributed by atoms with Gasteiger partial charge in [-0.3, -0.25) is 0 Å². The number of aryl methyl sites for hydroxylation is 1. The number of nitrogens with two attached hydrogens (primary N) is 1. The number of furan rings is 1. The SMILES string of the molecule is CCc1c(-c2ccc(C)o2)nn(-c2ccccc2)c1N. The lowest BCUT2D eigenvalue weighted by Gasteiger charge is -2.03. The molecule has 0 aliphatic carbocycles. The molecule has 1 aromatic carbocycles. The quantitative estimate of drug-likeness (QED) is 0.789. The van der Waals surface area contributed by atoms with E-state index in [0.717, 1.165) is 34.9 Å². The maximum absolute atomic E-state index is 6.25. The van der Waals surface area contributed by atoms with E-state index in [1.807, 2.05) is 49.4 Å². The van der Waals surface area contributed by atoms with Gasteiger partial charge < -0.3 is 10.2 Å². The minimum atomic E-state index is 0.669. The Balaban J connectivity index is 2.17. The number of aromatic nitrogens is 2. The summed E-state index contributed by atoms with van der Waals surface area (Å²) in [7, 11) is 0. The molecule has 102 valence electrons. The molecule has 4 nitrogen and oxygen atoms in total. The molecule has 0 aliphatic rings. The first-order valence-corrected chi connectivity index (χ1v) is 6.70. The number of nitrogens with zero attached hydrogens (tertiary/aromatic N) is 2. The number of anilines is 1. The van der Waals surface area contributed by atoms with Crippen LogP contribution < -0.4 is 5.73 Å². The van der Waals surface area contributed by atoms with E-state index < -0.39 is 0 Å². The smallest absolute Gasteiger partial charge is 0.154 e. The normalized spacial score (nSPS) is 10.9. The van der Waals surface area contributed by atoms with Gasteiger partial charge in [0.15, 0.2) is 5.76 Å². The largest absolute Gasteiger partial charge is 0.460 e. The van der Waals surface area contributed by atoms with E-state index in [1.54, 1.807) is 4.68 Å². The van der Waals surface area contributed by atoms with Crippen LogP contribution in [0.2, 0.25) is 0 Å². The number of hydrogen-bond donors (Lipinski definition) is 1. The fourth-order valence-corrected chi connectivity index (χ4v) is 2.34. The number of nitrogen functional groups attached to an aromatic ring is 1. The van der Waals surface area contributed by atoms with Crippen molar-refractivity contribution in [3.8, 4) is 17.1 Å². The summed E-state index contributed by atoms with van der Waals surface area (Å²) in [4.78, 5) is 0. The van der Waals surface area contributed by atoms with Gasteiger partial charge in [-0.15, -0.1) is 0 Å². The zero-order valence-electron chi connectivity index (χ0n) is 11.6. The van der Waals surface area contributed by atoms with E-state index in [9.17, 15) is 0 Å². The van der Waals surface area contributed by atoms with Gasteiger partial charge in [0.2, 0.25) is 0 Å². The summed E-state index contributed by atoms with van der Waals surface area (Å²) in [5, 5.41) is 4.63. The van der Waals surface area contributed by atoms with Gasteiger partial charge in [-0.1, -0.05) is 25.1 Å². The van der Waals surface area contributed by atoms with Gasteiger partial charge in [0, 0.05) is 5.56 Å². The van der Waals surface area contributed by atoms with Crippen molar-refractivity contribution in [2.24, 2.45) is 0 Å². The first-order valence-electron chi connectivity index (χ1n) is 6.70. The number of rotatable bonds is 3. The van der Waals surface area contributed by atoms with Crippen LogP contribution in [0.1, 0.15) is 18.2 Å². The zero-order chi connectivity index (χ0) is 14.1. The number of benzene rings is 1. The Bertz CT molecular complexity index is 726. The van der Waals surface area contributed by atoms with Crippen molar-refractivity contribution in [2.75, 3.05) is 5.73 Å². The lowest BCUT2D eigenvalue weighted by molar-refractivity contribution is 0.545. The van der Waals surface area contributed by atoms with E-state index in [1.165, 1.54) is 0 Å². The fraction of sp³-hybridized carbons (Fsp3) is 0.188. The molecule has 0 saturated heterocycles. The highest BCUT2D eigenvalue weighted by Gasteiger charge is 2.18. The van der Waals surface area contributed by atoms with Crippen molar-refractivity contribution in [1.29, 1.82) is 0 Å². The summed E-state index contributed by atoms with van der Waals surface area (Å²) >= 11 is 0. The third-order valence-electron chi connectivity index (χ3n) is 3.35. The van der Waals surface area contributed by atoms with Gasteiger partial charge in [-0.25, -0.2) is 4.68 Å². The Morgan fingerprint density at radius 1 is 1.15 bits per heavy atom. The van der Waals surface area contributed by atoms with Crippen LogP contribution in [0.4, 0.5) is 5.82 Å². The van der Waals surface area contributed by atoms with Crippen LogP contribution in [-0.4, -0.2) is 9.78 Å². The predicted octanol–water partition coefficient (Wildman–Crippen LogP) is 3.59. The van der Waals surface area contributed by atoms with Crippen molar-refractivity contribution < 1.29 is 4.42 Å². The highest BCUT2D eigenvalue weighted by molar-refractivity contribution is 5.66. The maximum atomic E-state index is 6.25. The van der Waals surface area contributed by atoms with Crippen molar-refractivity contribution in [3.63, 3.8) is 0 Å². The second kappa shape index (κ2) is 4.89. The summed E-state index contributed by atoms with van der Waals surface area (Å²) in [6, 6.07) is 13.8. The lowest BCUT2D eigenvalue weighted by Crippen LogP contribution is -2.02. The summed E-state index contributed by atoms with van der Waals surface area (Å²) in [5.41, 5.74) is 9.04. The van der Waals surface area contributed by atoms with Crippen molar-refractivity contribution in [3.05, 3.63) is 53.8 Å². The highest BCUT2D eigenvalue weighted by atomic mass is 16.3. The third-order valence-corrected chi connectivity index (χ3v) is 3.35. The molecule has 3 aromatic rings. The van der Waals surface area contributed by atoms with Crippen LogP contribution >= 0.6 is 0 Å². The first kappa shape index (κ1) is 12.5. The Hall–Kier alpha value is -2.49. The van der Waals surface area contributed by atoms with Crippen LogP contribution in [-0.2, 0) is 6.42 Å². The summed E-state index contributed by atoms with van der Waals surface area (Å²) in [5.74, 6) is 2.30. The lowest BCUT2D eigenvalue weighted by atomic mass is 10.1. The molecule has 0 saturated carbocycles. The van der Waals surface area contributed by atoms with Crippen LogP contribution in [0.15, 0.2) is 46.9 Å². The third kappa shape index (κ3) is 1.99. The van der Waals surface area contributed by atoms with Crippen molar-refractivity contribution in [1.82, 2.24) is 9.78 Å². The molecule has 0 bridgehead atoms. The summed E-state index contributed by atoms with van der Waals surface area (Å²) < 4.78 is 7.45. The molecule has 0 amide bonds. The molecule has 2 N–H and O–H groups in total. The van der Waals surface area contributed by atoms with Crippen molar-refractivity contribution in [2.45, 2.75) is 20.3 Å². The molecule has 0 atom stereocenters. The predicted molar refractivity (Wildman–Crippen MR) is 79.8 cm³/mol. The van der Waals surface area contributed by atoms with Gasteiger partial charge >= 0.3 is 0 Å². The van der Waals surface area contributed by atoms with Crippen LogP contribution in [0.5, 0.6) is 0 Å². The van der Waals surface area contributed by atoms with E-state index in [0.29, 0.717) is 5.82 Å². The van der Waals surface area contributed by atoms with E-state index >= 15 is 0 Å². The molecule has 2 aromatic heterocycles. The molecule has 2 heterocycles. The monoisotopic (exact) mass is 267 g/mol. The van der Waals surface area contributed by atoms with E-state index in [-0.39, 0.29) is 0 Å². The minimum absolute atomic E-state index is 0.669. The van der Waals surface area contributed by atoms with Gasteiger partial charge in [-0.2, -0.15) is 5.10 Å². The molecule has 0 spiro atoms. The van der Waals surface area contributed by atoms with Crippen LogP contribution in [0.25, 0.3) is 17.1 Å². The molecule has 0 unspecified atom stereocenters. The van der Waals surface area contributed by atoms with Crippen molar-refractivity contribution >= 4 is 5.82 Å². The molecule has 4 heteroatoms. The summed E-state index contributed by atoms with van der Waals surface area (Å²) in [6.45, 7) is 3.99. The number of hydrogen-bond acceptors (Lipinski definition) is 3. The molecule has 3 rings (SSSR count). The highest BCUT2D eigenvalue weighted by Crippen LogP contribution is 2.30. The second-order valence-electron chi connectivity index (χ2n) is 4.72. The molecule has 0 fully saturated rings. The van der Waals surface area contributed by atoms with E-state index in [2.05, 4.69) is 12.0 Å². The Morgan fingerprint density at radius 3 is 2.50 bits per heavy atom. The minimum Gasteiger partial charge on any atom is -0.460 e. The van der Waals surface area contributed by atoms with Crippen LogP contribution in [0.3, 0.4) is 0 Å². The molecular weight excluding hydrogens is 250 g/mol. The Morgan fingerprint density at radius 2 is 1.90 bits per heavy atom. The fourth-order valence-electron chi connectivity index (χ4n) is 2.34. The molecule has 0 radical (unpaired) electrons. The van der Waals surface area contributed by atoms with E-state index in [4.69, 9.17) is 10.2 Å². The zero-order valence-corrected chi connectivity index (χ0v) is 11.6. The molecule has 0 aliphatic heterocycles. The maximum Gasteiger partial charge on any atom is 0.154 e. The second-order valence-corrected chi connectivity index (χ2v) is 4.72. The molecule has 20 heavy (non-hydrogen) atoms. The first-order chi connectivity index (χ1) is 9.70. The Kier molecular flexibility index (Phi) is 3.06. The average molecular weight is 267 g/mol. The van der Waals surface area contributed by atoms with Crippen LogP contribution in [0, 0.1) is 6.92 Å². The van der Waals surface area contributed by atoms with Gasteiger partial charge in [-0.05, 0) is 37.6 Å². The number of para-hydroxylation sites is 1. The summed E-state index contributed by atoms with van der Waals surface area (Å²) in [6.07, 6.45) is 0.813. The Labute approximate surface area is 117 Å². The van der Waals surface area contributed by atoms with Gasteiger partial charge in [0.25, 0.3) is 0 Å². The average Bonchev–Trinajstić information content (AvgIpc) is 3.03. The molecular formula is C16H17N3O. The van der Waals surface area contributed by atoms with Gasteiger partial charge in [0.1, 0.15) is 17.3 Å². The van der Waals surface area contributed by atoms with Gasteiger partial charge in [0.05, 0.1) is 5.69 Å².